The molecule has 0 fully saturated rings. The van der Waals surface area contributed by atoms with E-state index < -0.39 is 6.10 Å². The van der Waals surface area contributed by atoms with Crippen molar-refractivity contribution in [1.82, 2.24) is 5.32 Å². The molecule has 4 heteroatoms. The molecule has 0 aromatic heterocycles. The third-order valence-corrected chi connectivity index (χ3v) is 3.46. The lowest BCUT2D eigenvalue weighted by Crippen LogP contribution is -2.32. The van der Waals surface area contributed by atoms with Gasteiger partial charge in [0, 0.05) is 24.7 Å². The van der Waals surface area contributed by atoms with Gasteiger partial charge in [0.15, 0.2) is 0 Å². The molecule has 1 aromatic carbocycles. The molecule has 1 atom stereocenters. The number of benzene rings is 1. The number of rotatable bonds is 8. The molecular weight excluding hydrogens is 262 g/mol. The van der Waals surface area contributed by atoms with Crippen molar-refractivity contribution in [3.8, 4) is 0 Å². The van der Waals surface area contributed by atoms with Crippen LogP contribution in [0.4, 0.5) is 0 Å². The third-order valence-electron chi connectivity index (χ3n) is 3.21. The van der Waals surface area contributed by atoms with Gasteiger partial charge in [0.2, 0.25) is 0 Å². The zero-order valence-corrected chi connectivity index (χ0v) is 12.5. The van der Waals surface area contributed by atoms with Crippen LogP contribution in [0.25, 0.3) is 0 Å². The van der Waals surface area contributed by atoms with E-state index in [9.17, 15) is 5.11 Å². The van der Waals surface area contributed by atoms with E-state index in [1.54, 1.807) is 12.1 Å². The quantitative estimate of drug-likeness (QED) is 0.688. The Balaban J connectivity index is 2.34. The highest BCUT2D eigenvalue weighted by Gasteiger charge is 2.17. The topological polar surface area (TPSA) is 52.5 Å². The zero-order valence-electron chi connectivity index (χ0n) is 11.7. The number of hydrogen-bond acceptors (Lipinski definition) is 3. The number of aliphatic hydroxyl groups is 2. The lowest BCUT2D eigenvalue weighted by atomic mass is 9.88. The molecule has 0 heterocycles. The summed E-state index contributed by atoms with van der Waals surface area (Å²) < 4.78 is 0. The van der Waals surface area contributed by atoms with Crippen molar-refractivity contribution in [1.29, 1.82) is 0 Å². The second-order valence-electron chi connectivity index (χ2n) is 5.69. The Bertz CT molecular complexity index is 365. The average molecular weight is 286 g/mol. The predicted octanol–water partition coefficient (Wildman–Crippen LogP) is 2.76. The van der Waals surface area contributed by atoms with Crippen molar-refractivity contribution in [2.45, 2.75) is 32.8 Å². The summed E-state index contributed by atoms with van der Waals surface area (Å²) in [6.07, 6.45) is 1.26. The normalized spacial score (nSPS) is 13.5. The van der Waals surface area contributed by atoms with Gasteiger partial charge in [-0.05, 0) is 36.0 Å². The van der Waals surface area contributed by atoms with Crippen molar-refractivity contribution in [2.75, 3.05) is 19.7 Å². The summed E-state index contributed by atoms with van der Waals surface area (Å²) >= 11 is 5.81. The Morgan fingerprint density at radius 3 is 2.47 bits per heavy atom. The van der Waals surface area contributed by atoms with Gasteiger partial charge in [-0.3, -0.25) is 0 Å². The maximum atomic E-state index is 10.0. The van der Waals surface area contributed by atoms with Crippen LogP contribution in [-0.4, -0.2) is 29.9 Å². The average Bonchev–Trinajstić information content (AvgIpc) is 2.37. The number of aliphatic hydroxyl groups excluding tert-OH is 2. The molecule has 0 spiro atoms. The van der Waals surface area contributed by atoms with Crippen LogP contribution < -0.4 is 5.32 Å². The molecule has 0 aliphatic heterocycles. The fraction of sp³-hybridized carbons (Fsp3) is 0.600. The monoisotopic (exact) mass is 285 g/mol. The molecule has 0 bridgehead atoms. The number of nitrogens with one attached hydrogen (secondary N) is 1. The van der Waals surface area contributed by atoms with Crippen LogP contribution in [0.1, 0.15) is 38.4 Å². The summed E-state index contributed by atoms with van der Waals surface area (Å²) in [7, 11) is 0. The Morgan fingerprint density at radius 2 is 1.89 bits per heavy atom. The number of halogens is 1. The minimum absolute atomic E-state index is 0.127. The second-order valence-corrected chi connectivity index (χ2v) is 6.13. The first-order chi connectivity index (χ1) is 8.94. The smallest absolute Gasteiger partial charge is 0.0914 e. The van der Waals surface area contributed by atoms with E-state index in [4.69, 9.17) is 16.7 Å². The Morgan fingerprint density at radius 1 is 1.26 bits per heavy atom. The lowest BCUT2D eigenvalue weighted by Gasteiger charge is -2.25. The van der Waals surface area contributed by atoms with Gasteiger partial charge in [-0.25, -0.2) is 0 Å². The van der Waals surface area contributed by atoms with Crippen LogP contribution in [0.2, 0.25) is 5.02 Å². The molecule has 0 aliphatic rings. The fourth-order valence-corrected chi connectivity index (χ4v) is 2.12. The molecule has 0 radical (unpaired) electrons. The Hall–Kier alpha value is -0.610. The van der Waals surface area contributed by atoms with E-state index in [-0.39, 0.29) is 12.0 Å². The molecule has 1 aromatic rings. The maximum absolute atomic E-state index is 10.0. The predicted molar refractivity (Wildman–Crippen MR) is 79.4 cm³/mol. The van der Waals surface area contributed by atoms with Gasteiger partial charge in [-0.15, -0.1) is 0 Å². The highest BCUT2D eigenvalue weighted by atomic mass is 35.5. The number of hydrogen-bond donors (Lipinski definition) is 3. The zero-order chi connectivity index (χ0) is 14.3. The molecule has 3 N–H and O–H groups in total. The Kier molecular flexibility index (Phi) is 6.80. The molecule has 1 unspecified atom stereocenters. The third kappa shape index (κ3) is 6.39. The molecule has 0 saturated carbocycles. The van der Waals surface area contributed by atoms with Crippen LogP contribution >= 0.6 is 11.6 Å². The van der Waals surface area contributed by atoms with E-state index in [2.05, 4.69) is 19.2 Å². The first-order valence-electron chi connectivity index (χ1n) is 6.70. The summed E-state index contributed by atoms with van der Waals surface area (Å²) in [4.78, 5) is 0. The van der Waals surface area contributed by atoms with E-state index in [1.807, 2.05) is 12.1 Å². The van der Waals surface area contributed by atoms with Crippen LogP contribution in [0.5, 0.6) is 0 Å². The maximum Gasteiger partial charge on any atom is 0.0914 e. The van der Waals surface area contributed by atoms with Gasteiger partial charge in [-0.1, -0.05) is 37.6 Å². The van der Waals surface area contributed by atoms with E-state index in [0.717, 1.165) is 24.9 Å². The highest BCUT2D eigenvalue weighted by molar-refractivity contribution is 6.30. The summed E-state index contributed by atoms with van der Waals surface area (Å²) in [5.74, 6) is 0. The van der Waals surface area contributed by atoms with Crippen LogP contribution in [-0.2, 0) is 0 Å². The van der Waals surface area contributed by atoms with Gasteiger partial charge >= 0.3 is 0 Å². The van der Waals surface area contributed by atoms with E-state index >= 15 is 0 Å². The van der Waals surface area contributed by atoms with Crippen LogP contribution in [0, 0.1) is 5.41 Å². The first-order valence-corrected chi connectivity index (χ1v) is 7.07. The highest BCUT2D eigenvalue weighted by Crippen LogP contribution is 2.21. The van der Waals surface area contributed by atoms with Gasteiger partial charge in [-0.2, -0.15) is 0 Å². The summed E-state index contributed by atoms with van der Waals surface area (Å²) in [5, 5.41) is 22.8. The van der Waals surface area contributed by atoms with E-state index in [0.29, 0.717) is 11.6 Å². The van der Waals surface area contributed by atoms with Crippen molar-refractivity contribution in [3.05, 3.63) is 34.9 Å². The van der Waals surface area contributed by atoms with Gasteiger partial charge < -0.3 is 15.5 Å². The Labute approximate surface area is 120 Å². The summed E-state index contributed by atoms with van der Waals surface area (Å²) in [5.41, 5.74) is 0.993. The standard InChI is InChI=1S/C15H24ClNO2/c1-15(2,8-3-9-18)11-17-10-14(19)12-4-6-13(16)7-5-12/h4-7,14,17-19H,3,8-11H2,1-2H3. The molecule has 0 amide bonds. The molecule has 1 rings (SSSR count). The minimum atomic E-state index is -0.522. The summed E-state index contributed by atoms with van der Waals surface area (Å²) in [6.45, 7) is 5.88. The summed E-state index contributed by atoms with van der Waals surface area (Å²) in [6, 6.07) is 7.24. The molecule has 3 nitrogen and oxygen atoms in total. The van der Waals surface area contributed by atoms with Crippen molar-refractivity contribution >= 4 is 11.6 Å². The molecular formula is C15H24ClNO2. The molecule has 0 aliphatic carbocycles. The SMILES string of the molecule is CC(C)(CCCO)CNCC(O)c1ccc(Cl)cc1. The van der Waals surface area contributed by atoms with E-state index in [1.165, 1.54) is 0 Å². The van der Waals surface area contributed by atoms with Gasteiger partial charge in [0.05, 0.1) is 6.10 Å². The largest absolute Gasteiger partial charge is 0.396 e. The molecule has 0 saturated heterocycles. The van der Waals surface area contributed by atoms with Gasteiger partial charge in [0.25, 0.3) is 0 Å². The minimum Gasteiger partial charge on any atom is -0.396 e. The first kappa shape index (κ1) is 16.4. The van der Waals surface area contributed by atoms with Crippen molar-refractivity contribution < 1.29 is 10.2 Å². The van der Waals surface area contributed by atoms with Gasteiger partial charge in [0.1, 0.15) is 0 Å². The molecule has 19 heavy (non-hydrogen) atoms. The van der Waals surface area contributed by atoms with Crippen molar-refractivity contribution in [3.63, 3.8) is 0 Å². The lowest BCUT2D eigenvalue weighted by molar-refractivity contribution is 0.165. The fourth-order valence-electron chi connectivity index (χ4n) is 2.00. The van der Waals surface area contributed by atoms with Crippen molar-refractivity contribution in [2.24, 2.45) is 5.41 Å². The van der Waals surface area contributed by atoms with Crippen LogP contribution in [0.3, 0.4) is 0 Å². The second kappa shape index (κ2) is 7.85. The molecule has 108 valence electrons. The van der Waals surface area contributed by atoms with Crippen LogP contribution in [0.15, 0.2) is 24.3 Å².